The molecule has 0 fully saturated rings. The Morgan fingerprint density at radius 1 is 0.270 bits per heavy atom. The van der Waals surface area contributed by atoms with Gasteiger partial charge in [-0.05, 0) is 149 Å². The fourth-order valence-electron chi connectivity index (χ4n) is 10.0. The van der Waals surface area contributed by atoms with Crippen molar-refractivity contribution < 1.29 is 0 Å². The summed E-state index contributed by atoms with van der Waals surface area (Å²) in [6, 6.07) is 74.1. The van der Waals surface area contributed by atoms with E-state index in [1.165, 1.54) is 5.56 Å². The maximum absolute atomic E-state index is 7.04. The first-order valence-corrected chi connectivity index (χ1v) is 24.8. The molecule has 3 aromatic heterocycles. The van der Waals surface area contributed by atoms with Gasteiger partial charge >= 0.3 is 0 Å². The van der Waals surface area contributed by atoms with Gasteiger partial charge in [0.1, 0.15) is 31.4 Å². The third kappa shape index (κ3) is 9.38. The molecule has 74 heavy (non-hydrogen) atoms. The normalized spacial score (nSPS) is 11.4. The average Bonchev–Trinajstić information content (AvgIpc) is 3.46. The van der Waals surface area contributed by atoms with Gasteiger partial charge in [0.2, 0.25) is 0 Å². The molecule has 3 heterocycles. The molecule has 7 heteroatoms. The van der Waals surface area contributed by atoms with E-state index in [9.17, 15) is 0 Å². The van der Waals surface area contributed by atoms with Gasteiger partial charge in [-0.25, -0.2) is 0 Å². The summed E-state index contributed by atoms with van der Waals surface area (Å²) >= 11 is 0. The molecule has 0 aliphatic rings. The van der Waals surface area contributed by atoms with Gasteiger partial charge in [0.05, 0.1) is 17.1 Å². The number of hydrogen-bond donors (Lipinski definition) is 0. The minimum absolute atomic E-state index is 0.00801. The van der Waals surface area contributed by atoms with Crippen LogP contribution in [0.25, 0.3) is 112 Å². The second-order valence-electron chi connectivity index (χ2n) is 19.7. The molecule has 11 rings (SSSR count). The van der Waals surface area contributed by atoms with E-state index in [1.54, 1.807) is 6.20 Å². The summed E-state index contributed by atoms with van der Waals surface area (Å²) in [5.41, 5.74) is 21.8. The van der Waals surface area contributed by atoms with Gasteiger partial charge in [-0.2, -0.15) is 0 Å². The van der Waals surface area contributed by atoms with Gasteiger partial charge in [0.25, 0.3) is 0 Å². The average molecular weight is 937 g/mol. The van der Waals surface area contributed by atoms with Gasteiger partial charge in [0, 0.05) is 29.7 Å². The van der Waals surface area contributed by atoms with E-state index in [4.69, 9.17) is 41.4 Å². The summed E-state index contributed by atoms with van der Waals surface area (Å²) in [5, 5.41) is 0. The number of hydrogen-bond acceptors (Lipinski definition) is 3. The molecule has 3 nitrogen and oxygen atoms in total. The van der Waals surface area contributed by atoms with E-state index in [2.05, 4.69) is 196 Å². The Balaban J connectivity index is 1.06. The van der Waals surface area contributed by atoms with E-state index < -0.39 is 0 Å². The van der Waals surface area contributed by atoms with E-state index >= 15 is 0 Å². The van der Waals surface area contributed by atoms with Crippen molar-refractivity contribution in [3.05, 3.63) is 236 Å². The highest BCUT2D eigenvalue weighted by atomic mass is 14.7. The monoisotopic (exact) mass is 937 g/mol. The van der Waals surface area contributed by atoms with Crippen molar-refractivity contribution in [2.75, 3.05) is 0 Å². The Hall–Kier alpha value is -8.53. The number of aromatic nitrogens is 3. The summed E-state index contributed by atoms with van der Waals surface area (Å²) in [6.45, 7) is 6.68. The summed E-state index contributed by atoms with van der Waals surface area (Å²) < 4.78 is 0. The van der Waals surface area contributed by atoms with Gasteiger partial charge in [-0.1, -0.05) is 200 Å². The van der Waals surface area contributed by atoms with Crippen LogP contribution in [0.2, 0.25) is 0 Å². The predicted molar refractivity (Wildman–Crippen MR) is 314 cm³/mol. The highest BCUT2D eigenvalue weighted by molar-refractivity contribution is 6.62. The predicted octanol–water partition coefficient (Wildman–Crippen LogP) is 13.0. The molecule has 8 aromatic carbocycles. The third-order valence-corrected chi connectivity index (χ3v) is 14.0. The first-order chi connectivity index (χ1) is 36.0. The Bertz CT molecular complexity index is 3820. The topological polar surface area (TPSA) is 38.7 Å². The minimum Gasteiger partial charge on any atom is -0.256 e. The van der Waals surface area contributed by atoms with Crippen LogP contribution in [0, 0.1) is 0 Å². The Kier molecular flexibility index (Phi) is 13.0. The van der Waals surface area contributed by atoms with Crippen molar-refractivity contribution in [3.63, 3.8) is 0 Å². The zero-order valence-electron chi connectivity index (χ0n) is 41.6. The van der Waals surface area contributed by atoms with Crippen molar-refractivity contribution in [3.8, 4) is 112 Å². The highest BCUT2D eigenvalue weighted by Crippen LogP contribution is 2.42. The first kappa shape index (κ1) is 47.8. The van der Waals surface area contributed by atoms with Crippen molar-refractivity contribution in [2.45, 2.75) is 26.2 Å². The van der Waals surface area contributed by atoms with Crippen molar-refractivity contribution in [1.82, 2.24) is 15.0 Å². The molecule has 8 radical (unpaired) electrons. The SMILES string of the molecule is [B]c1c([B])c(-c2ccccc2-c2cc(-c3ccccc3-c3ccc(-c4cc(-c5ccccc5)ccn4)cc3)cc(-c3ccccc3-c3ccc(-c4cc(C(C)(C)C)ccn4)cc3)c2)c([B])c([B])c1-c1ccccn1. The smallest absolute Gasteiger partial charge is 0.113 e. The molecule has 0 saturated heterocycles. The summed E-state index contributed by atoms with van der Waals surface area (Å²) in [7, 11) is 27.9. The van der Waals surface area contributed by atoms with Gasteiger partial charge in [-0.3, -0.25) is 15.0 Å². The molecule has 0 aliphatic heterocycles. The maximum Gasteiger partial charge on any atom is 0.113 e. The lowest BCUT2D eigenvalue weighted by atomic mass is 9.62. The maximum atomic E-state index is 7.04. The molecule has 0 bridgehead atoms. The highest BCUT2D eigenvalue weighted by Gasteiger charge is 2.21. The molecule has 0 saturated carbocycles. The zero-order chi connectivity index (χ0) is 50.9. The standard InChI is InChI=1S/C67H47B4N3/c1-67(2,3)51-33-36-74-60(41-51)46-30-26-44(27-31-46)53-18-8-10-20-55(53)49-37-48(54-19-9-7-17-52(54)43-24-28-45(29-25-43)59-40-47(32-35-73-59)42-15-5-4-6-16-42)38-50(39-49)56-21-11-12-22-57(56)61-63(68)65(70)62(66(71)64(61)69)58-23-13-14-34-72-58/h4-41H,1-3H3. The van der Waals surface area contributed by atoms with Crippen LogP contribution in [0.4, 0.5) is 0 Å². The molecule has 0 aliphatic carbocycles. The largest absolute Gasteiger partial charge is 0.256 e. The number of pyridine rings is 3. The second kappa shape index (κ2) is 20.2. The molecule has 342 valence electrons. The van der Waals surface area contributed by atoms with Gasteiger partial charge < -0.3 is 0 Å². The third-order valence-electron chi connectivity index (χ3n) is 14.0. The van der Waals surface area contributed by atoms with E-state index in [-0.39, 0.29) is 5.41 Å². The zero-order valence-corrected chi connectivity index (χ0v) is 41.6. The van der Waals surface area contributed by atoms with Crippen LogP contribution in [0.15, 0.2) is 231 Å². The lowest BCUT2D eigenvalue weighted by Crippen LogP contribution is -2.44. The molecule has 0 unspecified atom stereocenters. The van der Waals surface area contributed by atoms with Crippen LogP contribution >= 0.6 is 0 Å². The first-order valence-electron chi connectivity index (χ1n) is 24.8. The molecule has 11 aromatic rings. The fraction of sp³-hybridized carbons (Fsp3) is 0.0597. The lowest BCUT2D eigenvalue weighted by molar-refractivity contribution is 0.589. The van der Waals surface area contributed by atoms with E-state index in [0.717, 1.165) is 94.8 Å². The van der Waals surface area contributed by atoms with Crippen molar-refractivity contribution in [1.29, 1.82) is 0 Å². The number of rotatable bonds is 10. The lowest BCUT2D eigenvalue weighted by Gasteiger charge is -2.24. The Morgan fingerprint density at radius 3 is 1.15 bits per heavy atom. The van der Waals surface area contributed by atoms with Crippen LogP contribution in [-0.2, 0) is 5.41 Å². The van der Waals surface area contributed by atoms with E-state index in [1.807, 2.05) is 54.9 Å². The summed E-state index contributed by atoms with van der Waals surface area (Å²) in [5.74, 6) is 0. The van der Waals surface area contributed by atoms with Crippen LogP contribution in [0.1, 0.15) is 26.3 Å². The van der Waals surface area contributed by atoms with Crippen molar-refractivity contribution in [2.24, 2.45) is 0 Å². The van der Waals surface area contributed by atoms with E-state index in [0.29, 0.717) is 38.7 Å². The minimum atomic E-state index is 0.00801. The van der Waals surface area contributed by atoms with Crippen LogP contribution in [-0.4, -0.2) is 46.3 Å². The van der Waals surface area contributed by atoms with Crippen LogP contribution in [0.3, 0.4) is 0 Å². The molecule has 0 amide bonds. The Morgan fingerprint density at radius 2 is 0.662 bits per heavy atom. The van der Waals surface area contributed by atoms with Crippen LogP contribution < -0.4 is 21.9 Å². The Labute approximate surface area is 440 Å². The number of nitrogens with zero attached hydrogens (tertiary/aromatic N) is 3. The van der Waals surface area contributed by atoms with Gasteiger partial charge in [0.15, 0.2) is 0 Å². The summed E-state index contributed by atoms with van der Waals surface area (Å²) in [4.78, 5) is 14.1. The second-order valence-corrected chi connectivity index (χ2v) is 19.7. The molecular weight excluding hydrogens is 890 g/mol. The van der Waals surface area contributed by atoms with Gasteiger partial charge in [-0.15, -0.1) is 0 Å². The fourth-order valence-corrected chi connectivity index (χ4v) is 10.0. The molecule has 0 atom stereocenters. The number of benzene rings is 8. The quantitative estimate of drug-likeness (QED) is 0.128. The summed E-state index contributed by atoms with van der Waals surface area (Å²) in [6.07, 6.45) is 5.48. The van der Waals surface area contributed by atoms with Crippen molar-refractivity contribution >= 4 is 53.2 Å². The molecule has 0 spiro atoms. The van der Waals surface area contributed by atoms with Crippen LogP contribution in [0.5, 0.6) is 0 Å². The molecular formula is C67H47B4N3. The molecule has 0 N–H and O–H groups in total.